The van der Waals surface area contributed by atoms with Gasteiger partial charge >= 0.3 is 18.0 Å². The van der Waals surface area contributed by atoms with Crippen LogP contribution in [-0.4, -0.2) is 53.6 Å². The van der Waals surface area contributed by atoms with E-state index in [2.05, 4.69) is 10.1 Å². The molecule has 1 heterocycles. The molecule has 0 aromatic rings. The molecule has 1 aliphatic rings. The second-order valence-corrected chi connectivity index (χ2v) is 4.48. The number of nitrogens with zero attached hydrogens (tertiary/aromatic N) is 1. The number of methoxy groups -OCH3 is 1. The quantitative estimate of drug-likeness (QED) is 0.694. The number of likely N-dealkylation sites (tertiary alicyclic amines) is 1. The van der Waals surface area contributed by atoms with E-state index < -0.39 is 29.9 Å². The highest BCUT2D eigenvalue weighted by molar-refractivity contribution is 5.96. The zero-order chi connectivity index (χ0) is 15.1. The largest absolute Gasteiger partial charge is 0.481 e. The number of aliphatic carboxylic acids is 1. The number of carbonyl (C=O) groups excluding carboxylic acids is 3. The molecular weight excluding hydrogens is 268 g/mol. The van der Waals surface area contributed by atoms with Crippen molar-refractivity contribution in [3.05, 3.63) is 0 Å². The molecular formula is C12H18N2O6. The summed E-state index contributed by atoms with van der Waals surface area (Å²) in [5.41, 5.74) is 0. The van der Waals surface area contributed by atoms with Crippen molar-refractivity contribution >= 4 is 23.9 Å². The van der Waals surface area contributed by atoms with E-state index in [1.54, 1.807) is 0 Å². The Balaban J connectivity index is 2.43. The molecule has 1 fully saturated rings. The minimum absolute atomic E-state index is 0.0469. The van der Waals surface area contributed by atoms with Crippen LogP contribution in [0.2, 0.25) is 0 Å². The second kappa shape index (κ2) is 7.46. The maximum atomic E-state index is 11.9. The number of urea groups is 1. The number of carbonyl (C=O) groups is 4. The van der Waals surface area contributed by atoms with Gasteiger partial charge in [-0.1, -0.05) is 0 Å². The van der Waals surface area contributed by atoms with Crippen molar-refractivity contribution in [1.29, 1.82) is 0 Å². The second-order valence-electron chi connectivity index (χ2n) is 4.48. The lowest BCUT2D eigenvalue weighted by Crippen LogP contribution is -2.48. The van der Waals surface area contributed by atoms with E-state index >= 15 is 0 Å². The van der Waals surface area contributed by atoms with Gasteiger partial charge in [0.2, 0.25) is 5.91 Å². The van der Waals surface area contributed by atoms with E-state index in [0.717, 1.165) is 0 Å². The number of amides is 3. The number of carboxylic acid groups (broad SMARTS) is 1. The summed E-state index contributed by atoms with van der Waals surface area (Å²) in [5, 5.41) is 10.6. The number of nitrogens with one attached hydrogen (secondary N) is 1. The summed E-state index contributed by atoms with van der Waals surface area (Å²) in [4.78, 5) is 46.4. The SMILES string of the molecule is COC(=O)C1CCCN1C(=O)NC(=O)CCCC(=O)O. The van der Waals surface area contributed by atoms with Crippen LogP contribution in [0.5, 0.6) is 0 Å². The van der Waals surface area contributed by atoms with Crippen LogP contribution in [0.4, 0.5) is 4.79 Å². The van der Waals surface area contributed by atoms with Crippen molar-refractivity contribution in [2.45, 2.75) is 38.1 Å². The Morgan fingerprint density at radius 2 is 2.00 bits per heavy atom. The molecule has 2 N–H and O–H groups in total. The molecule has 1 aliphatic heterocycles. The molecule has 0 aromatic heterocycles. The Kier molecular flexibility index (Phi) is 5.95. The molecule has 20 heavy (non-hydrogen) atoms. The van der Waals surface area contributed by atoms with Gasteiger partial charge in [-0.15, -0.1) is 0 Å². The summed E-state index contributed by atoms with van der Waals surface area (Å²) < 4.78 is 4.60. The zero-order valence-corrected chi connectivity index (χ0v) is 11.3. The molecule has 112 valence electrons. The number of carboxylic acids is 1. The fourth-order valence-corrected chi connectivity index (χ4v) is 2.04. The van der Waals surface area contributed by atoms with Crippen LogP contribution in [0, 0.1) is 0 Å². The number of hydrogen-bond acceptors (Lipinski definition) is 5. The Labute approximate surface area is 116 Å². The Hall–Kier alpha value is -2.12. The fraction of sp³-hybridized carbons (Fsp3) is 0.667. The average Bonchev–Trinajstić information content (AvgIpc) is 2.86. The average molecular weight is 286 g/mol. The molecule has 1 unspecified atom stereocenters. The molecule has 1 saturated heterocycles. The van der Waals surface area contributed by atoms with Gasteiger partial charge in [0, 0.05) is 19.4 Å². The van der Waals surface area contributed by atoms with Gasteiger partial charge in [0.25, 0.3) is 0 Å². The first-order valence-corrected chi connectivity index (χ1v) is 6.35. The third-order valence-electron chi connectivity index (χ3n) is 3.03. The number of imide groups is 1. The van der Waals surface area contributed by atoms with Crippen LogP contribution in [-0.2, 0) is 19.1 Å². The first kappa shape index (κ1) is 15.9. The van der Waals surface area contributed by atoms with Crippen molar-refractivity contribution < 1.29 is 29.0 Å². The third-order valence-corrected chi connectivity index (χ3v) is 3.03. The number of hydrogen-bond donors (Lipinski definition) is 2. The maximum absolute atomic E-state index is 11.9. The lowest BCUT2D eigenvalue weighted by atomic mass is 10.2. The van der Waals surface area contributed by atoms with E-state index in [9.17, 15) is 19.2 Å². The highest BCUT2D eigenvalue weighted by atomic mass is 16.5. The van der Waals surface area contributed by atoms with Crippen molar-refractivity contribution in [3.63, 3.8) is 0 Å². The van der Waals surface area contributed by atoms with E-state index in [4.69, 9.17) is 5.11 Å². The minimum Gasteiger partial charge on any atom is -0.481 e. The van der Waals surface area contributed by atoms with Crippen molar-refractivity contribution in [2.75, 3.05) is 13.7 Å². The normalized spacial score (nSPS) is 17.6. The highest BCUT2D eigenvalue weighted by Crippen LogP contribution is 2.18. The molecule has 0 spiro atoms. The maximum Gasteiger partial charge on any atom is 0.328 e. The van der Waals surface area contributed by atoms with Gasteiger partial charge in [-0.25, -0.2) is 9.59 Å². The zero-order valence-electron chi connectivity index (χ0n) is 11.3. The summed E-state index contributed by atoms with van der Waals surface area (Å²) in [6, 6.07) is -1.30. The first-order chi connectivity index (χ1) is 9.45. The van der Waals surface area contributed by atoms with Crippen LogP contribution in [0.3, 0.4) is 0 Å². The first-order valence-electron chi connectivity index (χ1n) is 6.35. The van der Waals surface area contributed by atoms with Gasteiger partial charge < -0.3 is 14.7 Å². The molecule has 1 atom stereocenters. The minimum atomic E-state index is -0.991. The molecule has 0 bridgehead atoms. The van der Waals surface area contributed by atoms with Crippen molar-refractivity contribution in [2.24, 2.45) is 0 Å². The Morgan fingerprint density at radius 3 is 2.60 bits per heavy atom. The smallest absolute Gasteiger partial charge is 0.328 e. The molecule has 0 radical (unpaired) electrons. The number of esters is 1. The molecule has 0 aliphatic carbocycles. The van der Waals surface area contributed by atoms with Gasteiger partial charge in [-0.05, 0) is 19.3 Å². The van der Waals surface area contributed by atoms with Crippen LogP contribution in [0.15, 0.2) is 0 Å². The molecule has 8 heteroatoms. The van der Waals surface area contributed by atoms with E-state index in [0.29, 0.717) is 19.4 Å². The monoisotopic (exact) mass is 286 g/mol. The van der Waals surface area contributed by atoms with Crippen molar-refractivity contribution in [3.8, 4) is 0 Å². The molecule has 0 aromatic carbocycles. The topological polar surface area (TPSA) is 113 Å². The van der Waals surface area contributed by atoms with Crippen LogP contribution in [0.25, 0.3) is 0 Å². The highest BCUT2D eigenvalue weighted by Gasteiger charge is 2.35. The predicted octanol–water partition coefficient (Wildman–Crippen LogP) is 0.115. The summed E-state index contributed by atoms with van der Waals surface area (Å²) >= 11 is 0. The predicted molar refractivity (Wildman–Crippen MR) is 66.8 cm³/mol. The fourth-order valence-electron chi connectivity index (χ4n) is 2.04. The summed E-state index contributed by atoms with van der Waals surface area (Å²) in [7, 11) is 1.24. The molecule has 3 amide bonds. The lowest BCUT2D eigenvalue weighted by molar-refractivity contribution is -0.145. The van der Waals surface area contributed by atoms with E-state index in [1.165, 1.54) is 12.0 Å². The van der Waals surface area contributed by atoms with E-state index in [1.807, 2.05) is 0 Å². The molecule has 0 saturated carbocycles. The van der Waals surface area contributed by atoms with Gasteiger partial charge in [-0.2, -0.15) is 0 Å². The van der Waals surface area contributed by atoms with Gasteiger partial charge in [0.05, 0.1) is 7.11 Å². The number of rotatable bonds is 5. The van der Waals surface area contributed by atoms with Gasteiger partial charge in [-0.3, -0.25) is 14.9 Å². The van der Waals surface area contributed by atoms with E-state index in [-0.39, 0.29) is 19.3 Å². The Bertz CT molecular complexity index is 409. The standard InChI is InChI=1S/C12H18N2O6/c1-20-11(18)8-4-3-7-14(8)12(19)13-9(15)5-2-6-10(16)17/h8H,2-7H2,1H3,(H,16,17)(H,13,15,19). The van der Waals surface area contributed by atoms with Crippen LogP contribution < -0.4 is 5.32 Å². The summed E-state index contributed by atoms with van der Waals surface area (Å²) in [5.74, 6) is -2.04. The van der Waals surface area contributed by atoms with Gasteiger partial charge in [0.1, 0.15) is 6.04 Å². The summed E-state index contributed by atoms with van der Waals surface area (Å²) in [6.07, 6.45) is 1.16. The van der Waals surface area contributed by atoms with Crippen LogP contribution in [0.1, 0.15) is 32.1 Å². The van der Waals surface area contributed by atoms with Gasteiger partial charge in [0.15, 0.2) is 0 Å². The molecule has 1 rings (SSSR count). The van der Waals surface area contributed by atoms with Crippen molar-refractivity contribution in [1.82, 2.24) is 10.2 Å². The lowest BCUT2D eigenvalue weighted by Gasteiger charge is -2.22. The van der Waals surface area contributed by atoms with Crippen LogP contribution >= 0.6 is 0 Å². The third kappa shape index (κ3) is 4.52. The number of ether oxygens (including phenoxy) is 1. The molecule has 8 nitrogen and oxygen atoms in total. The summed E-state index contributed by atoms with van der Waals surface area (Å²) in [6.45, 7) is 0.383. The Morgan fingerprint density at radius 1 is 1.30 bits per heavy atom.